The smallest absolute Gasteiger partial charge is 0.157 e. The second-order valence-electron chi connectivity index (χ2n) is 4.82. The van der Waals surface area contributed by atoms with Crippen LogP contribution in [0.25, 0.3) is 0 Å². The molecule has 1 unspecified atom stereocenters. The van der Waals surface area contributed by atoms with Gasteiger partial charge in [-0.3, -0.25) is 0 Å². The second-order valence-corrected chi connectivity index (χ2v) is 4.82. The van der Waals surface area contributed by atoms with E-state index < -0.39 is 56.1 Å². The van der Waals surface area contributed by atoms with Gasteiger partial charge in [0, 0.05) is 12.8 Å². The number of hydrogen-bond donors (Lipinski definition) is 8. The summed E-state index contributed by atoms with van der Waals surface area (Å²) in [5.41, 5.74) is 0. The Bertz CT molecular complexity index is 302. The van der Waals surface area contributed by atoms with Crippen molar-refractivity contribution in [1.82, 2.24) is 0 Å². The van der Waals surface area contributed by atoms with Gasteiger partial charge < -0.3 is 50.4 Å². The molecule has 0 radical (unpaired) electrons. The molecule has 10 nitrogen and oxygen atoms in total. The zero-order valence-electron chi connectivity index (χ0n) is 11.8. The van der Waals surface area contributed by atoms with Crippen molar-refractivity contribution in [3.05, 3.63) is 0 Å². The van der Waals surface area contributed by atoms with Crippen molar-refractivity contribution in [2.24, 2.45) is 0 Å². The van der Waals surface area contributed by atoms with Crippen LogP contribution in [-0.2, 0) is 9.53 Å². The van der Waals surface area contributed by atoms with Gasteiger partial charge >= 0.3 is 0 Å². The lowest BCUT2D eigenvalue weighted by molar-refractivity contribution is -0.239. The Balaban J connectivity index is 0.000000401. The Kier molecular flexibility index (Phi) is 10.6. The van der Waals surface area contributed by atoms with Crippen LogP contribution < -0.4 is 0 Å². The average molecular weight is 328 g/mol. The summed E-state index contributed by atoms with van der Waals surface area (Å²) in [7, 11) is 0. The fourth-order valence-electron chi connectivity index (χ4n) is 1.69. The lowest BCUT2D eigenvalue weighted by Gasteiger charge is -2.33. The summed E-state index contributed by atoms with van der Waals surface area (Å²) in [6, 6.07) is 0. The molecule has 0 aromatic carbocycles. The number of hydrogen-bond acceptors (Lipinski definition) is 10. The summed E-state index contributed by atoms with van der Waals surface area (Å²) in [4.78, 5) is 9.82. The highest BCUT2D eigenvalue weighted by atomic mass is 16.6. The van der Waals surface area contributed by atoms with E-state index in [1.807, 2.05) is 0 Å². The van der Waals surface area contributed by atoms with Crippen molar-refractivity contribution in [2.75, 3.05) is 13.2 Å². The maximum atomic E-state index is 9.82. The highest BCUT2D eigenvalue weighted by Gasteiger charge is 2.35. The van der Waals surface area contributed by atoms with E-state index in [2.05, 4.69) is 0 Å². The van der Waals surface area contributed by atoms with E-state index in [0.717, 1.165) is 0 Å². The minimum absolute atomic E-state index is 0.0162. The standard InChI is InChI=1S/2C6H12O5/c7-2-4-6(10)3(8)1-5(9)11-4;7-2-1-4(9)6(11)5(10)3-8/h3-10H,1-2H2;2,4-6,8-11H,1,3H2/t3-,4-,5?,6-;4-,5-,6-/m11/s1. The Morgan fingerprint density at radius 1 is 1.09 bits per heavy atom. The Labute approximate surface area is 126 Å². The van der Waals surface area contributed by atoms with Gasteiger partial charge in [-0.15, -0.1) is 0 Å². The minimum atomic E-state index is -1.47. The first-order chi connectivity index (χ1) is 10.3. The van der Waals surface area contributed by atoms with E-state index >= 15 is 0 Å². The van der Waals surface area contributed by atoms with E-state index in [1.165, 1.54) is 0 Å². The molecule has 0 saturated carbocycles. The number of carbonyl (C=O) groups excluding carboxylic acids is 1. The Morgan fingerprint density at radius 3 is 2.14 bits per heavy atom. The van der Waals surface area contributed by atoms with Crippen molar-refractivity contribution < 1.29 is 50.4 Å². The Hall–Kier alpha value is -0.690. The SMILES string of the molecule is O=CC[C@@H](O)[C@@H](O)[C@H](O)CO.OC[C@H]1OC(O)C[C@@H](O)[C@H]1O. The van der Waals surface area contributed by atoms with Crippen LogP contribution in [-0.4, -0.2) is 103 Å². The van der Waals surface area contributed by atoms with Gasteiger partial charge in [-0.05, 0) is 0 Å². The Morgan fingerprint density at radius 2 is 1.68 bits per heavy atom. The van der Waals surface area contributed by atoms with Gasteiger partial charge in [0.15, 0.2) is 6.29 Å². The first kappa shape index (κ1) is 21.3. The molecule has 132 valence electrons. The number of carbonyl (C=O) groups is 1. The summed E-state index contributed by atoms with van der Waals surface area (Å²) in [6.45, 7) is -1.05. The van der Waals surface area contributed by atoms with E-state index in [4.69, 9.17) is 45.6 Å². The summed E-state index contributed by atoms with van der Waals surface area (Å²) in [6.07, 6.45) is -8.11. The molecule has 8 N–H and O–H groups in total. The van der Waals surface area contributed by atoms with Crippen LogP contribution in [0, 0.1) is 0 Å². The maximum absolute atomic E-state index is 9.82. The molecule has 1 fully saturated rings. The second kappa shape index (κ2) is 10.9. The first-order valence-corrected chi connectivity index (χ1v) is 6.67. The van der Waals surface area contributed by atoms with E-state index in [0.29, 0.717) is 6.29 Å². The average Bonchev–Trinajstić information content (AvgIpc) is 2.50. The predicted molar refractivity (Wildman–Crippen MR) is 70.4 cm³/mol. The fraction of sp³-hybridized carbons (Fsp3) is 0.917. The van der Waals surface area contributed by atoms with Gasteiger partial charge in [-0.2, -0.15) is 0 Å². The number of aldehydes is 1. The van der Waals surface area contributed by atoms with Crippen LogP contribution in [0.3, 0.4) is 0 Å². The van der Waals surface area contributed by atoms with Crippen LogP contribution in [0.2, 0.25) is 0 Å². The molecule has 1 aliphatic rings. The van der Waals surface area contributed by atoms with Gasteiger partial charge in [0.25, 0.3) is 0 Å². The minimum Gasteiger partial charge on any atom is -0.394 e. The lowest BCUT2D eigenvalue weighted by atomic mass is 10.0. The third-order valence-corrected chi connectivity index (χ3v) is 3.04. The molecule has 0 aliphatic carbocycles. The van der Waals surface area contributed by atoms with Crippen molar-refractivity contribution in [3.8, 4) is 0 Å². The van der Waals surface area contributed by atoms with E-state index in [1.54, 1.807) is 0 Å². The van der Waals surface area contributed by atoms with E-state index in [9.17, 15) is 4.79 Å². The van der Waals surface area contributed by atoms with Crippen molar-refractivity contribution in [1.29, 1.82) is 0 Å². The van der Waals surface area contributed by atoms with Gasteiger partial charge in [-0.25, -0.2) is 0 Å². The molecule has 0 spiro atoms. The lowest BCUT2D eigenvalue weighted by Crippen LogP contribution is -2.49. The first-order valence-electron chi connectivity index (χ1n) is 6.67. The quantitative estimate of drug-likeness (QED) is 0.220. The van der Waals surface area contributed by atoms with Crippen molar-refractivity contribution in [2.45, 2.75) is 55.8 Å². The normalized spacial score (nSPS) is 32.4. The van der Waals surface area contributed by atoms with Crippen LogP contribution in [0.15, 0.2) is 0 Å². The van der Waals surface area contributed by atoms with Gasteiger partial charge in [0.05, 0.1) is 25.4 Å². The third-order valence-electron chi connectivity index (χ3n) is 3.04. The molecule has 0 aromatic rings. The molecule has 1 aliphatic heterocycles. The van der Waals surface area contributed by atoms with Crippen LogP contribution in [0.1, 0.15) is 12.8 Å². The molecule has 7 atom stereocenters. The zero-order chi connectivity index (χ0) is 17.3. The highest BCUT2D eigenvalue weighted by molar-refractivity contribution is 5.50. The maximum Gasteiger partial charge on any atom is 0.157 e. The molecular formula is C12H24O10. The van der Waals surface area contributed by atoms with Crippen molar-refractivity contribution >= 4 is 6.29 Å². The molecule has 10 heteroatoms. The summed E-state index contributed by atoms with van der Waals surface area (Å²) in [5.74, 6) is 0. The number of aliphatic hydroxyl groups is 8. The van der Waals surface area contributed by atoms with Gasteiger partial charge in [0.2, 0.25) is 0 Å². The number of aliphatic hydroxyl groups excluding tert-OH is 8. The molecule has 1 saturated heterocycles. The third kappa shape index (κ3) is 7.05. The van der Waals surface area contributed by atoms with Gasteiger partial charge in [-0.1, -0.05) is 0 Å². The van der Waals surface area contributed by atoms with Gasteiger partial charge in [0.1, 0.15) is 30.7 Å². The number of rotatable bonds is 6. The van der Waals surface area contributed by atoms with Crippen LogP contribution in [0.5, 0.6) is 0 Å². The summed E-state index contributed by atoms with van der Waals surface area (Å²) < 4.78 is 4.71. The summed E-state index contributed by atoms with van der Waals surface area (Å²) in [5, 5.41) is 70.5. The topological polar surface area (TPSA) is 188 Å². The molecule has 1 rings (SSSR count). The largest absolute Gasteiger partial charge is 0.394 e. The molecule has 0 amide bonds. The molecule has 1 heterocycles. The molecular weight excluding hydrogens is 304 g/mol. The van der Waals surface area contributed by atoms with Crippen molar-refractivity contribution in [3.63, 3.8) is 0 Å². The molecule has 0 bridgehead atoms. The summed E-state index contributed by atoms with van der Waals surface area (Å²) >= 11 is 0. The number of ether oxygens (including phenoxy) is 1. The molecule has 0 aromatic heterocycles. The monoisotopic (exact) mass is 328 g/mol. The van der Waals surface area contributed by atoms with E-state index in [-0.39, 0.29) is 12.8 Å². The predicted octanol–water partition coefficient (Wildman–Crippen LogP) is -4.54. The fourth-order valence-corrected chi connectivity index (χ4v) is 1.69. The zero-order valence-corrected chi connectivity index (χ0v) is 11.8. The molecule has 22 heavy (non-hydrogen) atoms. The van der Waals surface area contributed by atoms with Crippen LogP contribution in [0.4, 0.5) is 0 Å². The van der Waals surface area contributed by atoms with Crippen LogP contribution >= 0.6 is 0 Å². The highest BCUT2D eigenvalue weighted by Crippen LogP contribution is 2.18.